The number of methoxy groups -OCH3 is 2. The lowest BCUT2D eigenvalue weighted by atomic mass is 10.0. The lowest BCUT2D eigenvalue weighted by Crippen LogP contribution is -2.48. The van der Waals surface area contributed by atoms with Crippen LogP contribution in [0.3, 0.4) is 0 Å². The van der Waals surface area contributed by atoms with Crippen LogP contribution in [0.5, 0.6) is 5.88 Å². The molecule has 1 fully saturated rings. The van der Waals surface area contributed by atoms with E-state index in [1.54, 1.807) is 38.6 Å². The maximum Gasteiger partial charge on any atom is 0.289 e. The highest BCUT2D eigenvalue weighted by molar-refractivity contribution is 5.91. The molecule has 8 heteroatoms. The van der Waals surface area contributed by atoms with Gasteiger partial charge in [0.1, 0.15) is 0 Å². The molecule has 3 rings (SSSR count). The third-order valence-corrected chi connectivity index (χ3v) is 4.54. The van der Waals surface area contributed by atoms with Gasteiger partial charge < -0.3 is 23.7 Å². The third kappa shape index (κ3) is 4.13. The van der Waals surface area contributed by atoms with E-state index in [-0.39, 0.29) is 11.9 Å². The van der Waals surface area contributed by atoms with Gasteiger partial charge in [-0.15, -0.1) is 0 Å². The first-order valence-corrected chi connectivity index (χ1v) is 8.68. The molecule has 1 saturated heterocycles. The minimum Gasteiger partial charge on any atom is -0.481 e. The van der Waals surface area contributed by atoms with Gasteiger partial charge in [-0.1, -0.05) is 0 Å². The van der Waals surface area contributed by atoms with E-state index in [1.807, 2.05) is 4.90 Å². The van der Waals surface area contributed by atoms with Crippen LogP contribution in [0.2, 0.25) is 0 Å². The van der Waals surface area contributed by atoms with Crippen LogP contribution in [0.4, 0.5) is 5.95 Å². The highest BCUT2D eigenvalue weighted by atomic mass is 16.5. The summed E-state index contributed by atoms with van der Waals surface area (Å²) < 4.78 is 15.6. The van der Waals surface area contributed by atoms with Crippen LogP contribution in [0.15, 0.2) is 35.1 Å². The van der Waals surface area contributed by atoms with E-state index in [1.165, 1.54) is 6.26 Å². The summed E-state index contributed by atoms with van der Waals surface area (Å²) in [5, 5.41) is 0. The minimum atomic E-state index is -0.0943. The van der Waals surface area contributed by atoms with E-state index in [2.05, 4.69) is 14.9 Å². The number of furan rings is 1. The fourth-order valence-electron chi connectivity index (χ4n) is 3.16. The Balaban J connectivity index is 1.66. The summed E-state index contributed by atoms with van der Waals surface area (Å²) >= 11 is 0. The van der Waals surface area contributed by atoms with Crippen molar-refractivity contribution in [1.82, 2.24) is 14.9 Å². The number of piperidine rings is 1. The van der Waals surface area contributed by atoms with E-state index in [0.717, 1.165) is 25.9 Å². The average Bonchev–Trinajstić information content (AvgIpc) is 3.23. The van der Waals surface area contributed by atoms with Crippen molar-refractivity contribution in [2.45, 2.75) is 18.9 Å². The Hall–Kier alpha value is -2.61. The summed E-state index contributed by atoms with van der Waals surface area (Å²) in [4.78, 5) is 25.4. The first-order valence-electron chi connectivity index (χ1n) is 8.68. The Morgan fingerprint density at radius 3 is 2.81 bits per heavy atom. The maximum atomic E-state index is 12.8. The summed E-state index contributed by atoms with van der Waals surface area (Å²) in [7, 11) is 3.23. The summed E-state index contributed by atoms with van der Waals surface area (Å²) in [5.41, 5.74) is 0. The summed E-state index contributed by atoms with van der Waals surface area (Å²) in [6, 6.07) is 5.28. The molecule has 0 aliphatic carbocycles. The van der Waals surface area contributed by atoms with Crippen molar-refractivity contribution >= 4 is 11.9 Å². The molecule has 0 saturated carbocycles. The standard InChI is InChI=1S/C18H24N4O4/c1-24-13-11-22(17(23)15-4-3-12-26-15)14-6-9-21(10-7-14)18-19-8-5-16(20-18)25-2/h3-5,8,12,14H,6-7,9-11,13H2,1-2H3. The van der Waals surface area contributed by atoms with Crippen molar-refractivity contribution in [2.24, 2.45) is 0 Å². The predicted octanol–water partition coefficient (Wildman–Crippen LogP) is 1.84. The van der Waals surface area contributed by atoms with E-state index in [0.29, 0.717) is 30.7 Å². The van der Waals surface area contributed by atoms with Crippen LogP contribution in [-0.4, -0.2) is 67.3 Å². The molecular formula is C18H24N4O4. The molecule has 3 heterocycles. The molecule has 0 N–H and O–H groups in total. The molecule has 1 aliphatic heterocycles. The Morgan fingerprint density at radius 2 is 2.15 bits per heavy atom. The number of carbonyl (C=O) groups is 1. The Labute approximate surface area is 152 Å². The van der Waals surface area contributed by atoms with Gasteiger partial charge in [-0.3, -0.25) is 4.79 Å². The summed E-state index contributed by atoms with van der Waals surface area (Å²) in [6.45, 7) is 2.57. The Kier molecular flexibility index (Phi) is 6.06. The largest absolute Gasteiger partial charge is 0.481 e. The Bertz CT molecular complexity index is 699. The fraction of sp³-hybridized carbons (Fsp3) is 0.500. The highest BCUT2D eigenvalue weighted by Gasteiger charge is 2.30. The van der Waals surface area contributed by atoms with Gasteiger partial charge in [0.2, 0.25) is 11.8 Å². The van der Waals surface area contributed by atoms with Crippen LogP contribution in [0, 0.1) is 0 Å². The van der Waals surface area contributed by atoms with Crippen LogP contribution in [0.25, 0.3) is 0 Å². The molecule has 140 valence electrons. The minimum absolute atomic E-state index is 0.0943. The predicted molar refractivity (Wildman–Crippen MR) is 95.4 cm³/mol. The molecule has 1 amide bonds. The van der Waals surface area contributed by atoms with Crippen LogP contribution < -0.4 is 9.64 Å². The number of anilines is 1. The van der Waals surface area contributed by atoms with Crippen molar-refractivity contribution in [3.8, 4) is 5.88 Å². The molecule has 0 bridgehead atoms. The van der Waals surface area contributed by atoms with Gasteiger partial charge in [0.25, 0.3) is 5.91 Å². The zero-order valence-corrected chi connectivity index (χ0v) is 15.1. The number of ether oxygens (including phenoxy) is 2. The SMILES string of the molecule is COCCN(C(=O)c1ccco1)C1CCN(c2nccc(OC)n2)CC1. The molecule has 2 aromatic heterocycles. The van der Waals surface area contributed by atoms with Gasteiger partial charge in [-0.2, -0.15) is 4.98 Å². The van der Waals surface area contributed by atoms with E-state index in [9.17, 15) is 4.79 Å². The van der Waals surface area contributed by atoms with Gasteiger partial charge in [0.15, 0.2) is 5.76 Å². The molecule has 26 heavy (non-hydrogen) atoms. The van der Waals surface area contributed by atoms with Crippen molar-refractivity contribution in [3.63, 3.8) is 0 Å². The number of nitrogens with zero attached hydrogens (tertiary/aromatic N) is 4. The summed E-state index contributed by atoms with van der Waals surface area (Å²) in [6.07, 6.45) is 4.87. The van der Waals surface area contributed by atoms with Gasteiger partial charge in [0, 0.05) is 45.0 Å². The van der Waals surface area contributed by atoms with Gasteiger partial charge in [-0.05, 0) is 25.0 Å². The summed E-state index contributed by atoms with van der Waals surface area (Å²) in [5.74, 6) is 1.47. The molecule has 0 spiro atoms. The normalized spacial score (nSPS) is 15.1. The lowest BCUT2D eigenvalue weighted by Gasteiger charge is -2.38. The fourth-order valence-corrected chi connectivity index (χ4v) is 3.16. The maximum absolute atomic E-state index is 12.8. The lowest BCUT2D eigenvalue weighted by molar-refractivity contribution is 0.0538. The molecule has 0 unspecified atom stereocenters. The quantitative estimate of drug-likeness (QED) is 0.745. The smallest absolute Gasteiger partial charge is 0.289 e. The van der Waals surface area contributed by atoms with E-state index < -0.39 is 0 Å². The van der Waals surface area contributed by atoms with Crippen LogP contribution >= 0.6 is 0 Å². The molecule has 8 nitrogen and oxygen atoms in total. The third-order valence-electron chi connectivity index (χ3n) is 4.54. The molecular weight excluding hydrogens is 336 g/mol. The number of rotatable bonds is 7. The average molecular weight is 360 g/mol. The highest BCUT2D eigenvalue weighted by Crippen LogP contribution is 2.22. The zero-order chi connectivity index (χ0) is 18.4. The van der Waals surface area contributed by atoms with E-state index >= 15 is 0 Å². The van der Waals surface area contributed by atoms with Gasteiger partial charge >= 0.3 is 0 Å². The number of hydrogen-bond acceptors (Lipinski definition) is 7. The van der Waals surface area contributed by atoms with Crippen molar-refractivity contribution in [3.05, 3.63) is 36.4 Å². The van der Waals surface area contributed by atoms with Gasteiger partial charge in [0.05, 0.1) is 20.0 Å². The first-order chi connectivity index (χ1) is 12.7. The van der Waals surface area contributed by atoms with Gasteiger partial charge in [-0.25, -0.2) is 4.98 Å². The number of carbonyl (C=O) groups excluding carboxylic acids is 1. The molecule has 1 aliphatic rings. The second kappa shape index (κ2) is 8.66. The molecule has 2 aromatic rings. The zero-order valence-electron chi connectivity index (χ0n) is 15.1. The van der Waals surface area contributed by atoms with Crippen molar-refractivity contribution in [2.75, 3.05) is 45.4 Å². The Morgan fingerprint density at radius 1 is 1.35 bits per heavy atom. The van der Waals surface area contributed by atoms with Crippen molar-refractivity contribution < 1.29 is 18.7 Å². The first kappa shape index (κ1) is 18.2. The molecule has 0 atom stereocenters. The van der Waals surface area contributed by atoms with Crippen LogP contribution in [0.1, 0.15) is 23.4 Å². The van der Waals surface area contributed by atoms with E-state index in [4.69, 9.17) is 13.9 Å². The number of amides is 1. The van der Waals surface area contributed by atoms with Crippen molar-refractivity contribution in [1.29, 1.82) is 0 Å². The topological polar surface area (TPSA) is 80.9 Å². The molecule has 0 radical (unpaired) electrons. The second-order valence-electron chi connectivity index (χ2n) is 6.09. The second-order valence-corrected chi connectivity index (χ2v) is 6.09. The van der Waals surface area contributed by atoms with Crippen LogP contribution in [-0.2, 0) is 4.74 Å². The monoisotopic (exact) mass is 360 g/mol. The number of hydrogen-bond donors (Lipinski definition) is 0. The molecule has 0 aromatic carbocycles. The number of aromatic nitrogens is 2.